The summed E-state index contributed by atoms with van der Waals surface area (Å²) in [6.07, 6.45) is 3.77. The molecule has 0 heterocycles. The number of benzene rings is 1. The van der Waals surface area contributed by atoms with Crippen LogP contribution in [0.4, 0.5) is 0 Å². The molecule has 3 heteroatoms. The third kappa shape index (κ3) is 4.30. The summed E-state index contributed by atoms with van der Waals surface area (Å²) in [6.45, 7) is 6.76. The molecular weight excluding hydrogens is 292 g/mol. The van der Waals surface area contributed by atoms with Crippen LogP contribution in [0.2, 0.25) is 0 Å². The zero-order valence-corrected chi connectivity index (χ0v) is 12.7. The molecule has 0 aliphatic rings. The smallest absolute Gasteiger partial charge is 0.146 e. The third-order valence-corrected chi connectivity index (χ3v) is 3.05. The second-order valence-electron chi connectivity index (χ2n) is 4.45. The molecule has 2 nitrogen and oxygen atoms in total. The van der Waals surface area contributed by atoms with Crippen LogP contribution in [0.3, 0.4) is 0 Å². The fraction of sp³-hybridized carbons (Fsp3) is 0.400. The van der Waals surface area contributed by atoms with Crippen LogP contribution in [-0.4, -0.2) is 12.9 Å². The molecular formula is C15H19BrO2. The maximum Gasteiger partial charge on any atom is 0.146 e. The molecule has 0 aromatic heterocycles. The van der Waals surface area contributed by atoms with E-state index in [1.165, 1.54) is 0 Å². The van der Waals surface area contributed by atoms with E-state index in [-0.39, 0.29) is 5.92 Å². The van der Waals surface area contributed by atoms with E-state index in [9.17, 15) is 4.79 Å². The Labute approximate surface area is 117 Å². The Morgan fingerprint density at radius 2 is 2.17 bits per heavy atom. The van der Waals surface area contributed by atoms with Gasteiger partial charge in [0.2, 0.25) is 0 Å². The van der Waals surface area contributed by atoms with Gasteiger partial charge in [-0.3, -0.25) is 4.79 Å². The first-order valence-electron chi connectivity index (χ1n) is 6.17. The van der Waals surface area contributed by atoms with Crippen LogP contribution in [0, 0.1) is 5.92 Å². The van der Waals surface area contributed by atoms with Crippen molar-refractivity contribution < 1.29 is 9.53 Å². The van der Waals surface area contributed by atoms with Gasteiger partial charge < -0.3 is 4.74 Å². The van der Waals surface area contributed by atoms with Crippen LogP contribution >= 0.6 is 15.9 Å². The van der Waals surface area contributed by atoms with Gasteiger partial charge in [0, 0.05) is 10.0 Å². The van der Waals surface area contributed by atoms with Gasteiger partial charge in [0.1, 0.15) is 12.0 Å². The minimum atomic E-state index is 0.209. The summed E-state index contributed by atoms with van der Waals surface area (Å²) < 4.78 is 6.66. The van der Waals surface area contributed by atoms with Gasteiger partial charge in [-0.05, 0) is 42.2 Å². The number of carbonyl (C=O) groups excluding carboxylic acids is 1. The fourth-order valence-corrected chi connectivity index (χ4v) is 1.87. The summed E-state index contributed by atoms with van der Waals surface area (Å²) in [6, 6.07) is 5.84. The molecule has 0 aliphatic carbocycles. The van der Waals surface area contributed by atoms with E-state index < -0.39 is 0 Å². The van der Waals surface area contributed by atoms with E-state index in [2.05, 4.69) is 22.9 Å². The van der Waals surface area contributed by atoms with Crippen LogP contribution in [-0.2, 0) is 4.79 Å². The average molecular weight is 311 g/mol. The molecule has 18 heavy (non-hydrogen) atoms. The Kier molecular flexibility index (Phi) is 6.13. The summed E-state index contributed by atoms with van der Waals surface area (Å²) in [5.74, 6) is 1.03. The molecule has 0 aliphatic heterocycles. The van der Waals surface area contributed by atoms with Crippen molar-refractivity contribution in [2.45, 2.75) is 27.2 Å². The zero-order valence-electron chi connectivity index (χ0n) is 11.1. The molecule has 0 unspecified atom stereocenters. The lowest BCUT2D eigenvalue weighted by molar-refractivity contribution is -0.105. The number of rotatable bonds is 6. The van der Waals surface area contributed by atoms with Gasteiger partial charge in [-0.2, -0.15) is 0 Å². The molecule has 0 fully saturated rings. The van der Waals surface area contributed by atoms with Crippen molar-refractivity contribution in [1.82, 2.24) is 0 Å². The van der Waals surface area contributed by atoms with Crippen LogP contribution in [0.1, 0.15) is 32.8 Å². The van der Waals surface area contributed by atoms with Gasteiger partial charge in [-0.1, -0.05) is 36.7 Å². The lowest BCUT2D eigenvalue weighted by Gasteiger charge is -2.10. The second kappa shape index (κ2) is 7.37. The largest absolute Gasteiger partial charge is 0.493 e. The first-order valence-corrected chi connectivity index (χ1v) is 6.97. The average Bonchev–Trinajstić information content (AvgIpc) is 2.34. The minimum Gasteiger partial charge on any atom is -0.493 e. The van der Waals surface area contributed by atoms with Crippen molar-refractivity contribution in [3.8, 4) is 5.75 Å². The van der Waals surface area contributed by atoms with Crippen LogP contribution in [0.5, 0.6) is 5.75 Å². The van der Waals surface area contributed by atoms with Crippen LogP contribution in [0.15, 0.2) is 28.2 Å². The quantitative estimate of drug-likeness (QED) is 0.572. The summed E-state index contributed by atoms with van der Waals surface area (Å²) in [5.41, 5.74) is 1.71. The van der Waals surface area contributed by atoms with Gasteiger partial charge in [-0.25, -0.2) is 0 Å². The van der Waals surface area contributed by atoms with E-state index >= 15 is 0 Å². The Balaban J connectivity index is 3.11. The maximum atomic E-state index is 11.0. The molecule has 0 radical (unpaired) electrons. The highest BCUT2D eigenvalue weighted by Gasteiger charge is 2.06. The molecule has 0 bridgehead atoms. The summed E-state index contributed by atoms with van der Waals surface area (Å²) in [5, 5.41) is 0. The monoisotopic (exact) mass is 310 g/mol. The molecule has 1 rings (SSSR count). The Hall–Kier alpha value is -1.09. The van der Waals surface area contributed by atoms with E-state index in [1.807, 2.05) is 38.1 Å². The molecule has 1 aromatic carbocycles. The Morgan fingerprint density at radius 3 is 2.72 bits per heavy atom. The lowest BCUT2D eigenvalue weighted by Crippen LogP contribution is -1.99. The van der Waals surface area contributed by atoms with Gasteiger partial charge in [0.15, 0.2) is 0 Å². The first kappa shape index (κ1) is 15.0. The maximum absolute atomic E-state index is 11.0. The van der Waals surface area contributed by atoms with Crippen molar-refractivity contribution in [3.05, 3.63) is 33.8 Å². The van der Waals surface area contributed by atoms with Crippen molar-refractivity contribution in [2.75, 3.05) is 6.61 Å². The molecule has 0 spiro atoms. The van der Waals surface area contributed by atoms with Gasteiger partial charge >= 0.3 is 0 Å². The molecule has 0 amide bonds. The number of halogens is 1. The fourth-order valence-electron chi connectivity index (χ4n) is 1.49. The predicted octanol–water partition coefficient (Wildman–Crippen LogP) is 4.48. The number of hydrogen-bond donors (Lipinski definition) is 0. The number of carbonyl (C=O) groups is 1. The highest BCUT2D eigenvalue weighted by atomic mass is 79.9. The normalized spacial score (nSPS) is 11.7. The van der Waals surface area contributed by atoms with Crippen molar-refractivity contribution in [3.63, 3.8) is 0 Å². The standard InChI is InChI=1S/C15H19BrO2/c1-4-7-18-15-6-5-14(16)9-12(15)8-13(10-17)11(2)3/h5-6,8-11H,4,7H2,1-3H3. The highest BCUT2D eigenvalue weighted by Crippen LogP contribution is 2.26. The molecule has 98 valence electrons. The Bertz CT molecular complexity index is 436. The van der Waals surface area contributed by atoms with E-state index in [1.54, 1.807) is 0 Å². The second-order valence-corrected chi connectivity index (χ2v) is 5.36. The number of aldehydes is 1. The van der Waals surface area contributed by atoms with E-state index in [4.69, 9.17) is 4.74 Å². The lowest BCUT2D eigenvalue weighted by atomic mass is 10.0. The minimum absolute atomic E-state index is 0.209. The van der Waals surface area contributed by atoms with Crippen molar-refractivity contribution in [1.29, 1.82) is 0 Å². The SMILES string of the molecule is CCCOc1ccc(Br)cc1C=C(C=O)C(C)C. The third-order valence-electron chi connectivity index (χ3n) is 2.56. The van der Waals surface area contributed by atoms with Crippen molar-refractivity contribution in [2.24, 2.45) is 5.92 Å². The van der Waals surface area contributed by atoms with Gasteiger partial charge in [0.25, 0.3) is 0 Å². The van der Waals surface area contributed by atoms with Gasteiger partial charge in [-0.15, -0.1) is 0 Å². The number of ether oxygens (including phenoxy) is 1. The summed E-state index contributed by atoms with van der Waals surface area (Å²) in [4.78, 5) is 11.0. The van der Waals surface area contributed by atoms with Gasteiger partial charge in [0.05, 0.1) is 6.61 Å². The summed E-state index contributed by atoms with van der Waals surface area (Å²) >= 11 is 3.44. The predicted molar refractivity (Wildman–Crippen MR) is 78.8 cm³/mol. The molecule has 0 N–H and O–H groups in total. The molecule has 1 aromatic rings. The zero-order chi connectivity index (χ0) is 13.5. The van der Waals surface area contributed by atoms with Crippen LogP contribution < -0.4 is 4.74 Å². The molecule has 0 saturated heterocycles. The molecule has 0 saturated carbocycles. The number of allylic oxidation sites excluding steroid dienone is 1. The summed E-state index contributed by atoms with van der Waals surface area (Å²) in [7, 11) is 0. The van der Waals surface area contributed by atoms with Crippen molar-refractivity contribution >= 4 is 28.3 Å². The van der Waals surface area contributed by atoms with Crippen LogP contribution in [0.25, 0.3) is 6.08 Å². The number of hydrogen-bond acceptors (Lipinski definition) is 2. The van der Waals surface area contributed by atoms with E-state index in [0.29, 0.717) is 6.61 Å². The first-order chi connectivity index (χ1) is 8.58. The Morgan fingerprint density at radius 1 is 1.44 bits per heavy atom. The highest BCUT2D eigenvalue weighted by molar-refractivity contribution is 9.10. The molecule has 0 atom stereocenters. The van der Waals surface area contributed by atoms with E-state index in [0.717, 1.165) is 34.1 Å². The topological polar surface area (TPSA) is 26.3 Å².